The lowest BCUT2D eigenvalue weighted by Gasteiger charge is -2.03. The van der Waals surface area contributed by atoms with Crippen LogP contribution in [0.2, 0.25) is 0 Å². The lowest BCUT2D eigenvalue weighted by molar-refractivity contribution is 0.0521. The number of esters is 1. The number of ether oxygens (including phenoxy) is 1. The molecule has 1 aromatic heterocycles. The quantitative estimate of drug-likeness (QED) is 0.734. The molecule has 0 fully saturated rings. The number of aryl methyl sites for hydroxylation is 1. The summed E-state index contributed by atoms with van der Waals surface area (Å²) in [4.78, 5) is 20.0. The molecule has 0 aliphatic rings. The van der Waals surface area contributed by atoms with Crippen molar-refractivity contribution in [3.8, 4) is 22.6 Å². The van der Waals surface area contributed by atoms with Gasteiger partial charge in [-0.3, -0.25) is 0 Å². The standard InChI is InChI=1S/C19H18N2O2/c1-3-23-19(22)17-16(14-11-9-13(2)10-12-14)20-18(21-17)15-7-5-4-6-8-15/h4-12H,3H2,1-2H3,(H,20,21). The predicted molar refractivity (Wildman–Crippen MR) is 90.2 cm³/mol. The number of imidazole rings is 1. The first-order valence-corrected chi connectivity index (χ1v) is 7.58. The molecular formula is C19H18N2O2. The van der Waals surface area contributed by atoms with Gasteiger partial charge >= 0.3 is 5.97 Å². The summed E-state index contributed by atoms with van der Waals surface area (Å²) in [5, 5.41) is 0. The molecule has 3 aromatic rings. The molecule has 0 unspecified atom stereocenters. The average molecular weight is 306 g/mol. The van der Waals surface area contributed by atoms with E-state index in [9.17, 15) is 4.79 Å². The zero-order chi connectivity index (χ0) is 16.2. The zero-order valence-electron chi connectivity index (χ0n) is 13.2. The zero-order valence-corrected chi connectivity index (χ0v) is 13.2. The Morgan fingerprint density at radius 1 is 1.04 bits per heavy atom. The minimum absolute atomic E-state index is 0.325. The third-order valence-corrected chi connectivity index (χ3v) is 3.56. The predicted octanol–water partition coefficient (Wildman–Crippen LogP) is 4.23. The normalized spacial score (nSPS) is 10.5. The molecule has 2 aromatic carbocycles. The largest absolute Gasteiger partial charge is 0.461 e. The van der Waals surface area contributed by atoms with E-state index >= 15 is 0 Å². The second kappa shape index (κ2) is 6.48. The number of hydrogen-bond acceptors (Lipinski definition) is 3. The second-order valence-corrected chi connectivity index (χ2v) is 5.26. The Hall–Kier alpha value is -2.88. The average Bonchev–Trinajstić information content (AvgIpc) is 3.02. The van der Waals surface area contributed by atoms with Crippen LogP contribution < -0.4 is 0 Å². The third-order valence-electron chi connectivity index (χ3n) is 3.56. The number of rotatable bonds is 4. The minimum atomic E-state index is -0.391. The van der Waals surface area contributed by atoms with E-state index in [4.69, 9.17) is 4.74 Å². The van der Waals surface area contributed by atoms with Gasteiger partial charge in [-0.15, -0.1) is 0 Å². The maximum absolute atomic E-state index is 12.3. The van der Waals surface area contributed by atoms with E-state index in [2.05, 4.69) is 9.97 Å². The van der Waals surface area contributed by atoms with Crippen molar-refractivity contribution in [2.75, 3.05) is 6.61 Å². The molecule has 4 heteroatoms. The van der Waals surface area contributed by atoms with E-state index in [-0.39, 0.29) is 0 Å². The number of benzene rings is 2. The van der Waals surface area contributed by atoms with Crippen molar-refractivity contribution in [3.05, 3.63) is 65.9 Å². The van der Waals surface area contributed by atoms with Gasteiger partial charge in [0, 0.05) is 11.1 Å². The summed E-state index contributed by atoms with van der Waals surface area (Å²) in [6.07, 6.45) is 0. The molecule has 116 valence electrons. The Morgan fingerprint density at radius 2 is 1.74 bits per heavy atom. The monoisotopic (exact) mass is 306 g/mol. The molecule has 1 heterocycles. The van der Waals surface area contributed by atoms with Gasteiger partial charge < -0.3 is 9.72 Å². The summed E-state index contributed by atoms with van der Waals surface area (Å²) in [6.45, 7) is 4.14. The first-order chi connectivity index (χ1) is 11.2. The highest BCUT2D eigenvalue weighted by Gasteiger charge is 2.20. The first-order valence-electron chi connectivity index (χ1n) is 7.58. The van der Waals surface area contributed by atoms with E-state index in [0.717, 1.165) is 16.7 Å². The van der Waals surface area contributed by atoms with E-state index < -0.39 is 5.97 Å². The van der Waals surface area contributed by atoms with Crippen molar-refractivity contribution in [1.29, 1.82) is 0 Å². The van der Waals surface area contributed by atoms with Crippen LogP contribution in [0.3, 0.4) is 0 Å². The summed E-state index contributed by atoms with van der Waals surface area (Å²) in [5.41, 5.74) is 3.97. The molecule has 0 saturated heterocycles. The highest BCUT2D eigenvalue weighted by molar-refractivity contribution is 5.95. The van der Waals surface area contributed by atoms with E-state index in [0.29, 0.717) is 23.8 Å². The van der Waals surface area contributed by atoms with Crippen molar-refractivity contribution in [2.24, 2.45) is 0 Å². The van der Waals surface area contributed by atoms with Gasteiger partial charge in [0.05, 0.1) is 6.61 Å². The number of H-pyrrole nitrogens is 1. The number of nitrogens with one attached hydrogen (secondary N) is 1. The number of hydrogen-bond donors (Lipinski definition) is 1. The third kappa shape index (κ3) is 3.16. The molecule has 0 aliphatic carbocycles. The Balaban J connectivity index is 2.10. The van der Waals surface area contributed by atoms with Crippen molar-refractivity contribution in [1.82, 2.24) is 9.97 Å². The number of nitrogens with zero attached hydrogens (tertiary/aromatic N) is 1. The van der Waals surface area contributed by atoms with Gasteiger partial charge in [0.2, 0.25) is 0 Å². The van der Waals surface area contributed by atoms with Crippen molar-refractivity contribution in [2.45, 2.75) is 13.8 Å². The summed E-state index contributed by atoms with van der Waals surface area (Å²) < 4.78 is 5.15. The van der Waals surface area contributed by atoms with Crippen LogP contribution in [-0.2, 0) is 4.74 Å². The van der Waals surface area contributed by atoms with E-state index in [1.54, 1.807) is 6.92 Å². The topological polar surface area (TPSA) is 55.0 Å². The lowest BCUT2D eigenvalue weighted by Crippen LogP contribution is -2.06. The molecule has 0 atom stereocenters. The molecule has 0 aliphatic heterocycles. The van der Waals surface area contributed by atoms with Crippen LogP contribution >= 0.6 is 0 Å². The second-order valence-electron chi connectivity index (χ2n) is 5.26. The Labute approximate surface area is 135 Å². The van der Waals surface area contributed by atoms with E-state index in [1.807, 2.05) is 61.5 Å². The molecule has 4 nitrogen and oxygen atoms in total. The maximum Gasteiger partial charge on any atom is 0.357 e. The fourth-order valence-electron chi connectivity index (χ4n) is 2.38. The van der Waals surface area contributed by atoms with Gasteiger partial charge in [-0.2, -0.15) is 0 Å². The summed E-state index contributed by atoms with van der Waals surface area (Å²) in [7, 11) is 0. The smallest absolute Gasteiger partial charge is 0.357 e. The summed E-state index contributed by atoms with van der Waals surface area (Å²) in [5.74, 6) is 0.266. The summed E-state index contributed by atoms with van der Waals surface area (Å²) >= 11 is 0. The van der Waals surface area contributed by atoms with Crippen LogP contribution in [0.5, 0.6) is 0 Å². The maximum atomic E-state index is 12.3. The van der Waals surface area contributed by atoms with Gasteiger partial charge in [-0.25, -0.2) is 9.78 Å². The fraction of sp³-hybridized carbons (Fsp3) is 0.158. The lowest BCUT2D eigenvalue weighted by atomic mass is 10.1. The van der Waals surface area contributed by atoms with Crippen molar-refractivity contribution >= 4 is 5.97 Å². The van der Waals surface area contributed by atoms with Crippen molar-refractivity contribution < 1.29 is 9.53 Å². The number of carbonyl (C=O) groups is 1. The van der Waals surface area contributed by atoms with Crippen LogP contribution in [0.1, 0.15) is 23.0 Å². The van der Waals surface area contributed by atoms with Gasteiger partial charge in [0.25, 0.3) is 0 Å². The Kier molecular flexibility index (Phi) is 4.24. The minimum Gasteiger partial charge on any atom is -0.461 e. The first kappa shape index (κ1) is 15.0. The number of aromatic amines is 1. The molecular weight excluding hydrogens is 288 g/mol. The summed E-state index contributed by atoms with van der Waals surface area (Å²) in [6, 6.07) is 17.6. The molecule has 1 N–H and O–H groups in total. The van der Waals surface area contributed by atoms with Crippen LogP contribution in [0.15, 0.2) is 54.6 Å². The van der Waals surface area contributed by atoms with Crippen LogP contribution in [0, 0.1) is 6.92 Å². The number of aromatic nitrogens is 2. The molecule has 0 radical (unpaired) electrons. The molecule has 0 bridgehead atoms. The Bertz CT molecular complexity index is 805. The van der Waals surface area contributed by atoms with Gasteiger partial charge in [0.1, 0.15) is 11.5 Å². The van der Waals surface area contributed by atoms with Crippen LogP contribution in [0.4, 0.5) is 0 Å². The fourth-order valence-corrected chi connectivity index (χ4v) is 2.38. The van der Waals surface area contributed by atoms with E-state index in [1.165, 1.54) is 0 Å². The molecule has 23 heavy (non-hydrogen) atoms. The highest BCUT2D eigenvalue weighted by atomic mass is 16.5. The molecule has 0 spiro atoms. The van der Waals surface area contributed by atoms with Gasteiger partial charge in [-0.05, 0) is 13.8 Å². The van der Waals surface area contributed by atoms with Gasteiger partial charge in [-0.1, -0.05) is 60.2 Å². The van der Waals surface area contributed by atoms with Gasteiger partial charge in [0.15, 0.2) is 5.69 Å². The number of carbonyl (C=O) groups excluding carboxylic acids is 1. The highest BCUT2D eigenvalue weighted by Crippen LogP contribution is 2.27. The molecule has 3 rings (SSSR count). The van der Waals surface area contributed by atoms with Crippen LogP contribution in [-0.4, -0.2) is 22.5 Å². The Morgan fingerprint density at radius 3 is 2.39 bits per heavy atom. The van der Waals surface area contributed by atoms with Crippen LogP contribution in [0.25, 0.3) is 22.6 Å². The SMILES string of the molecule is CCOC(=O)c1[nH]c(-c2ccccc2)nc1-c1ccc(C)cc1. The molecule has 0 saturated carbocycles. The molecule has 0 amide bonds. The van der Waals surface area contributed by atoms with Crippen molar-refractivity contribution in [3.63, 3.8) is 0 Å².